The molecule has 3 N–H and O–H groups in total. The van der Waals surface area contributed by atoms with Gasteiger partial charge < -0.3 is 16.0 Å². The molecule has 1 aliphatic heterocycles. The van der Waals surface area contributed by atoms with Crippen LogP contribution >= 0.6 is 24.0 Å². The first-order valence-electron chi connectivity index (χ1n) is 8.39. The zero-order chi connectivity index (χ0) is 19.8. The Hall–Kier alpha value is -0.830. The number of halogens is 4. The molecule has 0 aromatic heterocycles. The van der Waals surface area contributed by atoms with Crippen LogP contribution in [0.25, 0.3) is 0 Å². The fourth-order valence-electron chi connectivity index (χ4n) is 2.45. The van der Waals surface area contributed by atoms with Crippen molar-refractivity contribution in [2.45, 2.75) is 31.7 Å². The molecule has 8 nitrogen and oxygen atoms in total. The van der Waals surface area contributed by atoms with E-state index in [1.165, 1.54) is 7.05 Å². The first kappa shape index (κ1) is 26.2. The van der Waals surface area contributed by atoms with Crippen LogP contribution in [-0.4, -0.2) is 69.9 Å². The average molecular weight is 529 g/mol. The summed E-state index contributed by atoms with van der Waals surface area (Å²) in [7, 11) is -3.71. The second kappa shape index (κ2) is 11.9. The molecule has 160 valence electrons. The highest BCUT2D eigenvalue weighted by Gasteiger charge is 2.50. The van der Waals surface area contributed by atoms with Crippen molar-refractivity contribution in [1.82, 2.24) is 20.3 Å². The van der Waals surface area contributed by atoms with E-state index in [0.717, 1.165) is 6.42 Å². The van der Waals surface area contributed by atoms with Gasteiger partial charge in [-0.05, 0) is 25.2 Å². The predicted octanol–water partition coefficient (Wildman–Crippen LogP) is 0.857. The number of guanidine groups is 1. The second-order valence-corrected chi connectivity index (χ2v) is 7.88. The number of nitrogens with one attached hydrogen (secondary N) is 3. The number of aliphatic imine (C=N–C) groups is 1. The number of sulfonamides is 1. The molecule has 0 aromatic rings. The summed E-state index contributed by atoms with van der Waals surface area (Å²) >= 11 is 0. The molecule has 0 bridgehead atoms. The summed E-state index contributed by atoms with van der Waals surface area (Å²) in [6, 6.07) is 0. The highest BCUT2D eigenvalue weighted by Crippen LogP contribution is 2.30. The number of hydrogen-bond donors (Lipinski definition) is 3. The smallest absolute Gasteiger partial charge is 0.356 e. The van der Waals surface area contributed by atoms with Gasteiger partial charge in [0.2, 0.25) is 5.91 Å². The summed E-state index contributed by atoms with van der Waals surface area (Å²) < 4.78 is 60.8. The van der Waals surface area contributed by atoms with Crippen LogP contribution in [0.15, 0.2) is 4.99 Å². The molecule has 27 heavy (non-hydrogen) atoms. The molecule has 0 spiro atoms. The van der Waals surface area contributed by atoms with E-state index in [-0.39, 0.29) is 55.4 Å². The van der Waals surface area contributed by atoms with Gasteiger partial charge in [0.05, 0.1) is 6.54 Å². The Morgan fingerprint density at radius 3 is 2.26 bits per heavy atom. The second-order valence-electron chi connectivity index (χ2n) is 5.95. The van der Waals surface area contributed by atoms with Gasteiger partial charge in [-0.15, -0.1) is 24.0 Å². The third-order valence-electron chi connectivity index (χ3n) is 3.98. The van der Waals surface area contributed by atoms with E-state index in [1.807, 2.05) is 6.92 Å². The zero-order valence-corrected chi connectivity index (χ0v) is 18.5. The van der Waals surface area contributed by atoms with Crippen molar-refractivity contribution < 1.29 is 26.4 Å². The minimum absolute atomic E-state index is 0. The minimum atomic E-state index is -5.26. The van der Waals surface area contributed by atoms with Crippen molar-refractivity contribution in [3.8, 4) is 0 Å². The van der Waals surface area contributed by atoms with Crippen molar-refractivity contribution in [3.05, 3.63) is 0 Å². The maximum Gasteiger partial charge on any atom is 0.511 e. The molecule has 0 unspecified atom stereocenters. The maximum absolute atomic E-state index is 12.5. The summed E-state index contributed by atoms with van der Waals surface area (Å²) in [6.07, 6.45) is 1.47. The molecule has 1 heterocycles. The number of carbonyl (C=O) groups is 1. The summed E-state index contributed by atoms with van der Waals surface area (Å²) in [5, 5.41) is 8.56. The number of hydrogen-bond acceptors (Lipinski definition) is 4. The molecule has 1 aliphatic rings. The molecule has 1 saturated heterocycles. The highest BCUT2D eigenvalue weighted by molar-refractivity contribution is 14.0. The molecule has 1 fully saturated rings. The van der Waals surface area contributed by atoms with E-state index >= 15 is 0 Å². The number of piperidine rings is 1. The largest absolute Gasteiger partial charge is 0.511 e. The first-order chi connectivity index (χ1) is 12.1. The van der Waals surface area contributed by atoms with Crippen LogP contribution in [0.2, 0.25) is 0 Å². The average Bonchev–Trinajstić information content (AvgIpc) is 2.59. The molecule has 0 atom stereocenters. The SMILES string of the molecule is CCCNC(=O)CNC(=NC)NCC1CCN(S(=O)(=O)C(F)(F)F)CC1.I. The van der Waals surface area contributed by atoms with Gasteiger partial charge in [0, 0.05) is 33.2 Å². The molecule has 1 rings (SSSR count). The lowest BCUT2D eigenvalue weighted by atomic mass is 9.98. The Balaban J connectivity index is 0.00000676. The highest BCUT2D eigenvalue weighted by atomic mass is 127. The minimum Gasteiger partial charge on any atom is -0.356 e. The lowest BCUT2D eigenvalue weighted by molar-refractivity contribution is -0.120. The number of rotatable bonds is 7. The van der Waals surface area contributed by atoms with E-state index in [0.29, 0.717) is 36.2 Å². The Kier molecular flexibility index (Phi) is 11.5. The molecular weight excluding hydrogens is 502 g/mol. The lowest BCUT2D eigenvalue weighted by Crippen LogP contribution is -2.48. The van der Waals surface area contributed by atoms with Crippen LogP contribution in [-0.2, 0) is 14.8 Å². The molecule has 0 radical (unpaired) electrons. The summed E-state index contributed by atoms with van der Waals surface area (Å²) in [5.41, 5.74) is -5.26. The normalized spacial score (nSPS) is 17.1. The van der Waals surface area contributed by atoms with Gasteiger partial charge in [0.25, 0.3) is 0 Å². The standard InChI is InChI=1S/C14H26F3N5O3S.HI/c1-3-6-19-12(23)10-21-13(18-2)20-9-11-4-7-22(8-5-11)26(24,25)14(15,16)17;/h11H,3-10H2,1-2H3,(H,19,23)(H2,18,20,21);1H. The van der Waals surface area contributed by atoms with Crippen LogP contribution in [0.3, 0.4) is 0 Å². The Bertz CT molecular complexity index is 593. The van der Waals surface area contributed by atoms with Gasteiger partial charge in [-0.3, -0.25) is 9.79 Å². The van der Waals surface area contributed by atoms with Crippen LogP contribution in [0.4, 0.5) is 13.2 Å². The number of carbonyl (C=O) groups excluding carboxylic acids is 1. The van der Waals surface area contributed by atoms with Gasteiger partial charge >= 0.3 is 15.5 Å². The Labute approximate surface area is 174 Å². The molecule has 13 heteroatoms. The lowest BCUT2D eigenvalue weighted by Gasteiger charge is -2.31. The van der Waals surface area contributed by atoms with Crippen molar-refractivity contribution in [2.24, 2.45) is 10.9 Å². The molecule has 1 amide bonds. The number of alkyl halides is 3. The van der Waals surface area contributed by atoms with Gasteiger partial charge in [-0.25, -0.2) is 8.42 Å². The molecule has 0 aromatic carbocycles. The number of amides is 1. The van der Waals surface area contributed by atoms with E-state index in [9.17, 15) is 26.4 Å². The van der Waals surface area contributed by atoms with Crippen molar-refractivity contribution in [1.29, 1.82) is 0 Å². The van der Waals surface area contributed by atoms with Crippen LogP contribution < -0.4 is 16.0 Å². The third-order valence-corrected chi connectivity index (χ3v) is 5.61. The molecule has 0 saturated carbocycles. The zero-order valence-electron chi connectivity index (χ0n) is 15.3. The Morgan fingerprint density at radius 1 is 1.19 bits per heavy atom. The molecule has 0 aliphatic carbocycles. The summed E-state index contributed by atoms with van der Waals surface area (Å²) in [4.78, 5) is 15.5. The van der Waals surface area contributed by atoms with Gasteiger partial charge in [0.15, 0.2) is 5.96 Å². The fraction of sp³-hybridized carbons (Fsp3) is 0.857. The van der Waals surface area contributed by atoms with E-state index in [2.05, 4.69) is 20.9 Å². The van der Waals surface area contributed by atoms with Gasteiger partial charge in [-0.1, -0.05) is 6.92 Å². The summed E-state index contributed by atoms with van der Waals surface area (Å²) in [5.74, 6) is 0.254. The quantitative estimate of drug-likeness (QED) is 0.258. The van der Waals surface area contributed by atoms with Crippen molar-refractivity contribution >= 4 is 45.9 Å². The number of nitrogens with zero attached hydrogens (tertiary/aromatic N) is 2. The maximum atomic E-state index is 12.5. The topological polar surface area (TPSA) is 103 Å². The van der Waals surface area contributed by atoms with Crippen molar-refractivity contribution in [3.63, 3.8) is 0 Å². The monoisotopic (exact) mass is 529 g/mol. The fourth-order valence-corrected chi connectivity index (χ4v) is 3.44. The molecular formula is C14H27F3IN5O3S. The predicted molar refractivity (Wildman–Crippen MR) is 107 cm³/mol. The van der Waals surface area contributed by atoms with Crippen molar-refractivity contribution in [2.75, 3.05) is 39.8 Å². The third kappa shape index (κ3) is 8.37. The van der Waals surface area contributed by atoms with Gasteiger partial charge in [-0.2, -0.15) is 17.5 Å². The van der Waals surface area contributed by atoms with E-state index < -0.39 is 15.5 Å². The van der Waals surface area contributed by atoms with Gasteiger partial charge in [0.1, 0.15) is 0 Å². The van der Waals surface area contributed by atoms with Crippen LogP contribution in [0, 0.1) is 5.92 Å². The summed E-state index contributed by atoms with van der Waals surface area (Å²) in [6.45, 7) is 2.68. The van der Waals surface area contributed by atoms with Crippen LogP contribution in [0.1, 0.15) is 26.2 Å². The van der Waals surface area contributed by atoms with E-state index in [1.54, 1.807) is 0 Å². The van der Waals surface area contributed by atoms with Crippen LogP contribution in [0.5, 0.6) is 0 Å². The first-order valence-corrected chi connectivity index (χ1v) is 9.83. The van der Waals surface area contributed by atoms with E-state index in [4.69, 9.17) is 0 Å². The Morgan fingerprint density at radius 2 is 1.78 bits per heavy atom.